The van der Waals surface area contributed by atoms with E-state index in [-0.39, 0.29) is 18.6 Å². The van der Waals surface area contributed by atoms with Gasteiger partial charge in [0.2, 0.25) is 0 Å². The molecule has 1 aromatic heterocycles. The van der Waals surface area contributed by atoms with Gasteiger partial charge in [0.05, 0.1) is 16.8 Å². The van der Waals surface area contributed by atoms with Crippen molar-refractivity contribution in [2.24, 2.45) is 0 Å². The summed E-state index contributed by atoms with van der Waals surface area (Å²) in [6.45, 7) is 3.78. The number of hydrogen-bond donors (Lipinski definition) is 1. The smallest absolute Gasteiger partial charge is 0.264 e. The molecule has 0 aliphatic heterocycles. The molecule has 1 amide bonds. The lowest BCUT2D eigenvalue weighted by atomic mass is 10.2. The van der Waals surface area contributed by atoms with E-state index in [4.69, 9.17) is 32.7 Å². The van der Waals surface area contributed by atoms with Gasteiger partial charge in [0.15, 0.2) is 11.7 Å². The van der Waals surface area contributed by atoms with Gasteiger partial charge in [-0.15, -0.1) is 11.3 Å². The first-order chi connectivity index (χ1) is 13.4. The van der Waals surface area contributed by atoms with Crippen LogP contribution in [-0.4, -0.2) is 23.6 Å². The molecule has 28 heavy (non-hydrogen) atoms. The molecule has 3 rings (SSSR count). The van der Waals surface area contributed by atoms with Crippen LogP contribution in [0.15, 0.2) is 47.8 Å². The summed E-state index contributed by atoms with van der Waals surface area (Å²) in [4.78, 5) is 16.5. The van der Waals surface area contributed by atoms with Crippen LogP contribution in [0.25, 0.3) is 11.3 Å². The van der Waals surface area contributed by atoms with Gasteiger partial charge in [0.1, 0.15) is 11.5 Å². The Morgan fingerprint density at radius 3 is 2.61 bits per heavy atom. The molecule has 0 atom stereocenters. The van der Waals surface area contributed by atoms with Crippen molar-refractivity contribution in [1.29, 1.82) is 0 Å². The molecule has 0 aliphatic carbocycles. The van der Waals surface area contributed by atoms with Gasteiger partial charge in [-0.2, -0.15) is 0 Å². The number of aromatic nitrogens is 1. The molecule has 0 bridgehead atoms. The largest absolute Gasteiger partial charge is 0.491 e. The normalized spacial score (nSPS) is 10.8. The van der Waals surface area contributed by atoms with E-state index in [9.17, 15) is 4.79 Å². The number of halogens is 2. The molecule has 2 aromatic carbocycles. The van der Waals surface area contributed by atoms with Crippen molar-refractivity contribution < 1.29 is 14.3 Å². The molecule has 0 radical (unpaired) electrons. The number of carbonyl (C=O) groups is 1. The fourth-order valence-corrected chi connectivity index (χ4v) is 3.53. The summed E-state index contributed by atoms with van der Waals surface area (Å²) in [5.74, 6) is 0.873. The Kier molecular flexibility index (Phi) is 6.78. The van der Waals surface area contributed by atoms with Crippen LogP contribution in [0.2, 0.25) is 10.0 Å². The third-order valence-corrected chi connectivity index (χ3v) is 4.81. The molecule has 0 saturated carbocycles. The number of carbonyl (C=O) groups excluding carboxylic acids is 1. The fourth-order valence-electron chi connectivity index (χ4n) is 2.33. The summed E-state index contributed by atoms with van der Waals surface area (Å²) in [6, 6.07) is 12.5. The number of nitrogens with zero attached hydrogens (tertiary/aromatic N) is 1. The highest BCUT2D eigenvalue weighted by molar-refractivity contribution is 7.14. The van der Waals surface area contributed by atoms with Gasteiger partial charge in [-0.25, -0.2) is 4.98 Å². The second-order valence-electron chi connectivity index (χ2n) is 6.14. The molecule has 5 nitrogen and oxygen atoms in total. The standard InChI is InChI=1S/C20H18Cl2N2O3S/c1-12(2)27-15-6-3-13(4-7-15)17-11-28-20(23-17)24-19(25)10-26-18-8-5-14(21)9-16(18)22/h3-9,11-12H,10H2,1-2H3,(H,23,24,25). The molecule has 0 aliphatic rings. The van der Waals surface area contributed by atoms with Crippen LogP contribution in [0.5, 0.6) is 11.5 Å². The van der Waals surface area contributed by atoms with Crippen molar-refractivity contribution in [2.75, 3.05) is 11.9 Å². The van der Waals surface area contributed by atoms with E-state index in [0.717, 1.165) is 17.0 Å². The van der Waals surface area contributed by atoms with E-state index < -0.39 is 0 Å². The van der Waals surface area contributed by atoms with E-state index in [1.54, 1.807) is 18.2 Å². The van der Waals surface area contributed by atoms with Crippen molar-refractivity contribution in [2.45, 2.75) is 20.0 Å². The Morgan fingerprint density at radius 1 is 1.18 bits per heavy atom. The summed E-state index contributed by atoms with van der Waals surface area (Å²) in [5.41, 5.74) is 1.72. The van der Waals surface area contributed by atoms with Crippen LogP contribution in [0.4, 0.5) is 5.13 Å². The molecular formula is C20H18Cl2N2O3S. The van der Waals surface area contributed by atoms with E-state index in [0.29, 0.717) is 20.9 Å². The van der Waals surface area contributed by atoms with Crippen molar-refractivity contribution in [3.63, 3.8) is 0 Å². The maximum Gasteiger partial charge on any atom is 0.264 e. The number of amides is 1. The van der Waals surface area contributed by atoms with Gasteiger partial charge in [0.25, 0.3) is 5.91 Å². The quantitative estimate of drug-likeness (QED) is 0.498. The summed E-state index contributed by atoms with van der Waals surface area (Å²) in [5, 5.41) is 5.94. The Balaban J connectivity index is 1.57. The summed E-state index contributed by atoms with van der Waals surface area (Å²) >= 11 is 13.2. The third-order valence-electron chi connectivity index (χ3n) is 3.53. The lowest BCUT2D eigenvalue weighted by Gasteiger charge is -2.09. The van der Waals surface area contributed by atoms with Gasteiger partial charge < -0.3 is 9.47 Å². The molecule has 0 fully saturated rings. The lowest BCUT2D eigenvalue weighted by Crippen LogP contribution is -2.20. The molecule has 0 unspecified atom stereocenters. The van der Waals surface area contributed by atoms with Crippen molar-refractivity contribution in [3.8, 4) is 22.8 Å². The first-order valence-electron chi connectivity index (χ1n) is 8.51. The van der Waals surface area contributed by atoms with Crippen LogP contribution in [-0.2, 0) is 4.79 Å². The zero-order chi connectivity index (χ0) is 20.1. The summed E-state index contributed by atoms with van der Waals surface area (Å²) < 4.78 is 11.1. The van der Waals surface area contributed by atoms with Gasteiger partial charge in [0, 0.05) is 16.0 Å². The molecule has 8 heteroatoms. The molecule has 146 valence electrons. The Hall–Kier alpha value is -2.28. The molecule has 1 N–H and O–H groups in total. The average Bonchev–Trinajstić information content (AvgIpc) is 3.09. The fraction of sp³-hybridized carbons (Fsp3) is 0.200. The molecule has 1 heterocycles. The maximum atomic E-state index is 12.1. The summed E-state index contributed by atoms with van der Waals surface area (Å²) in [6.07, 6.45) is 0.122. The van der Waals surface area contributed by atoms with Gasteiger partial charge in [-0.3, -0.25) is 10.1 Å². The SMILES string of the molecule is CC(C)Oc1ccc(-c2csc(NC(=O)COc3ccc(Cl)cc3Cl)n2)cc1. The summed E-state index contributed by atoms with van der Waals surface area (Å²) in [7, 11) is 0. The van der Waals surface area contributed by atoms with Gasteiger partial charge in [-0.05, 0) is 56.3 Å². The van der Waals surface area contributed by atoms with Crippen LogP contribution in [0.3, 0.4) is 0 Å². The monoisotopic (exact) mass is 436 g/mol. The number of rotatable bonds is 7. The predicted octanol–water partition coefficient (Wildman–Crippen LogP) is 5.92. The zero-order valence-corrected chi connectivity index (χ0v) is 17.6. The Morgan fingerprint density at radius 2 is 1.93 bits per heavy atom. The van der Waals surface area contributed by atoms with E-state index in [1.165, 1.54) is 11.3 Å². The van der Waals surface area contributed by atoms with Crippen molar-refractivity contribution in [3.05, 3.63) is 57.9 Å². The molecular weight excluding hydrogens is 419 g/mol. The topological polar surface area (TPSA) is 60.5 Å². The number of nitrogens with one attached hydrogen (secondary N) is 1. The first-order valence-corrected chi connectivity index (χ1v) is 10.1. The lowest BCUT2D eigenvalue weighted by molar-refractivity contribution is -0.118. The number of thiazole rings is 1. The zero-order valence-electron chi connectivity index (χ0n) is 15.2. The van der Waals surface area contributed by atoms with Crippen LogP contribution in [0, 0.1) is 0 Å². The molecule has 3 aromatic rings. The van der Waals surface area contributed by atoms with E-state index in [2.05, 4.69) is 10.3 Å². The highest BCUT2D eigenvalue weighted by atomic mass is 35.5. The Bertz CT molecular complexity index is 958. The number of ether oxygens (including phenoxy) is 2. The maximum absolute atomic E-state index is 12.1. The van der Waals surface area contributed by atoms with Crippen molar-refractivity contribution >= 4 is 45.6 Å². The van der Waals surface area contributed by atoms with Gasteiger partial charge >= 0.3 is 0 Å². The second-order valence-corrected chi connectivity index (χ2v) is 7.84. The second kappa shape index (κ2) is 9.28. The highest BCUT2D eigenvalue weighted by Gasteiger charge is 2.10. The number of anilines is 1. The minimum absolute atomic E-state index is 0.122. The third kappa shape index (κ3) is 5.61. The molecule has 0 spiro atoms. The minimum atomic E-state index is -0.326. The predicted molar refractivity (Wildman–Crippen MR) is 114 cm³/mol. The van der Waals surface area contributed by atoms with E-state index >= 15 is 0 Å². The molecule has 0 saturated heterocycles. The number of benzene rings is 2. The first kappa shape index (κ1) is 20.5. The van der Waals surface area contributed by atoms with Crippen molar-refractivity contribution in [1.82, 2.24) is 4.98 Å². The van der Waals surface area contributed by atoms with E-state index in [1.807, 2.05) is 43.5 Å². The highest BCUT2D eigenvalue weighted by Crippen LogP contribution is 2.28. The van der Waals surface area contributed by atoms with Crippen LogP contribution in [0.1, 0.15) is 13.8 Å². The number of hydrogen-bond acceptors (Lipinski definition) is 5. The average molecular weight is 437 g/mol. The van der Waals surface area contributed by atoms with Crippen LogP contribution < -0.4 is 14.8 Å². The van der Waals surface area contributed by atoms with Gasteiger partial charge in [-0.1, -0.05) is 23.2 Å². The van der Waals surface area contributed by atoms with Crippen LogP contribution >= 0.6 is 34.5 Å². The Labute approximate surface area is 177 Å². The minimum Gasteiger partial charge on any atom is -0.491 e.